The van der Waals surface area contributed by atoms with E-state index in [0.29, 0.717) is 17.4 Å². The highest BCUT2D eigenvalue weighted by molar-refractivity contribution is 9.10. The molecular formula is C20H21BrN2O2. The summed E-state index contributed by atoms with van der Waals surface area (Å²) in [5.74, 6) is 0.447. The summed E-state index contributed by atoms with van der Waals surface area (Å²) < 4.78 is 1.01. The number of fused-ring (bicyclic) bond motifs is 1. The maximum Gasteiger partial charge on any atom is 0.274 e. The summed E-state index contributed by atoms with van der Waals surface area (Å²) in [5.41, 5.74) is 5.66. The molecule has 25 heavy (non-hydrogen) atoms. The monoisotopic (exact) mass is 400 g/mol. The van der Waals surface area contributed by atoms with Crippen LogP contribution in [-0.2, 0) is 6.42 Å². The minimum absolute atomic E-state index is 0.400. The lowest BCUT2D eigenvalue weighted by atomic mass is 9.83. The van der Waals surface area contributed by atoms with Crippen molar-refractivity contribution in [3.63, 3.8) is 0 Å². The van der Waals surface area contributed by atoms with E-state index in [1.54, 1.807) is 17.6 Å². The molecule has 2 aromatic rings. The molecule has 0 spiro atoms. The molecule has 2 unspecified atom stereocenters. The Morgan fingerprint density at radius 3 is 2.84 bits per heavy atom. The average molecular weight is 401 g/mol. The Balaban J connectivity index is 1.73. The molecule has 1 amide bonds. The smallest absolute Gasteiger partial charge is 0.274 e. The quantitative estimate of drug-likeness (QED) is 0.577. The summed E-state index contributed by atoms with van der Waals surface area (Å²) >= 11 is 3.49. The summed E-state index contributed by atoms with van der Waals surface area (Å²) in [7, 11) is 0. The van der Waals surface area contributed by atoms with Gasteiger partial charge in [0.2, 0.25) is 0 Å². The van der Waals surface area contributed by atoms with Gasteiger partial charge in [-0.2, -0.15) is 0 Å². The maximum absolute atomic E-state index is 11.4. The molecule has 0 fully saturated rings. The van der Waals surface area contributed by atoms with E-state index in [0.717, 1.165) is 29.4 Å². The predicted octanol–water partition coefficient (Wildman–Crippen LogP) is 4.73. The molecule has 1 aromatic carbocycles. The summed E-state index contributed by atoms with van der Waals surface area (Å²) in [6.07, 6.45) is 9.33. The first-order valence-electron chi connectivity index (χ1n) is 8.42. The third-order valence-corrected chi connectivity index (χ3v) is 5.11. The zero-order chi connectivity index (χ0) is 17.8. The number of allylic oxidation sites excluding steroid dienone is 1. The molecule has 2 N–H and O–H groups in total. The highest BCUT2D eigenvalue weighted by Crippen LogP contribution is 2.32. The number of amides is 1. The topological polar surface area (TPSA) is 62.2 Å². The number of benzene rings is 1. The van der Waals surface area contributed by atoms with Gasteiger partial charge in [-0.05, 0) is 76.4 Å². The van der Waals surface area contributed by atoms with Gasteiger partial charge in [-0.1, -0.05) is 31.2 Å². The average Bonchev–Trinajstić information content (AvgIpc) is 2.60. The SMILES string of the molecule is CC1CC(Cc2ccc(C(=O)NO)cc2)CC=Cc2cc(Br)cnc21. The molecule has 0 aliphatic heterocycles. The Morgan fingerprint density at radius 2 is 2.12 bits per heavy atom. The van der Waals surface area contributed by atoms with Crippen LogP contribution in [0.3, 0.4) is 0 Å². The first-order chi connectivity index (χ1) is 12.1. The number of carbonyl (C=O) groups excluding carboxylic acids is 1. The molecule has 1 aliphatic carbocycles. The minimum Gasteiger partial charge on any atom is -0.288 e. The Morgan fingerprint density at radius 1 is 1.36 bits per heavy atom. The van der Waals surface area contributed by atoms with Crippen molar-refractivity contribution in [2.75, 3.05) is 0 Å². The number of hydroxylamine groups is 1. The van der Waals surface area contributed by atoms with Gasteiger partial charge in [-0.3, -0.25) is 15.0 Å². The Labute approximate surface area is 156 Å². The molecule has 1 aliphatic rings. The lowest BCUT2D eigenvalue weighted by molar-refractivity contribution is 0.0706. The summed E-state index contributed by atoms with van der Waals surface area (Å²) in [5, 5.41) is 8.69. The molecule has 1 heterocycles. The largest absolute Gasteiger partial charge is 0.288 e. The second kappa shape index (κ2) is 7.93. The van der Waals surface area contributed by atoms with Crippen LogP contribution >= 0.6 is 15.9 Å². The van der Waals surface area contributed by atoms with E-state index in [1.165, 1.54) is 11.1 Å². The molecule has 3 rings (SSSR count). The molecule has 5 heteroatoms. The number of pyridine rings is 1. The van der Waals surface area contributed by atoms with Crippen molar-refractivity contribution in [2.24, 2.45) is 5.92 Å². The molecule has 2 atom stereocenters. The van der Waals surface area contributed by atoms with Gasteiger partial charge in [-0.15, -0.1) is 0 Å². The van der Waals surface area contributed by atoms with Gasteiger partial charge in [0.1, 0.15) is 0 Å². The normalized spacial score (nSPS) is 19.6. The summed E-state index contributed by atoms with van der Waals surface area (Å²) in [4.78, 5) is 16.0. The van der Waals surface area contributed by atoms with Gasteiger partial charge in [0.25, 0.3) is 5.91 Å². The Hall–Kier alpha value is -1.98. The lowest BCUT2D eigenvalue weighted by Crippen LogP contribution is -2.18. The van der Waals surface area contributed by atoms with E-state index in [-0.39, 0.29) is 0 Å². The summed E-state index contributed by atoms with van der Waals surface area (Å²) in [6.45, 7) is 2.24. The first kappa shape index (κ1) is 17.8. The number of nitrogens with zero attached hydrogens (tertiary/aromatic N) is 1. The number of aromatic nitrogens is 1. The molecule has 0 bridgehead atoms. The van der Waals surface area contributed by atoms with Gasteiger partial charge in [-0.25, -0.2) is 5.48 Å². The van der Waals surface area contributed by atoms with Crippen molar-refractivity contribution in [1.82, 2.24) is 10.5 Å². The van der Waals surface area contributed by atoms with Crippen LogP contribution in [0.25, 0.3) is 6.08 Å². The fraction of sp³-hybridized carbons (Fsp3) is 0.300. The molecule has 0 radical (unpaired) electrons. The maximum atomic E-state index is 11.4. The van der Waals surface area contributed by atoms with Crippen LogP contribution in [0.2, 0.25) is 0 Å². The zero-order valence-corrected chi connectivity index (χ0v) is 15.7. The van der Waals surface area contributed by atoms with Crippen molar-refractivity contribution in [2.45, 2.75) is 32.1 Å². The number of rotatable bonds is 3. The number of hydrogen-bond acceptors (Lipinski definition) is 3. The standard InChI is InChI=1S/C20H21BrN2O2/c1-13-9-15(3-2-4-17-11-18(21)12-22-19(13)17)10-14-5-7-16(8-6-14)20(24)23-25/h2,4-8,11-13,15,25H,3,9-10H2,1H3,(H,23,24). The second-order valence-electron chi connectivity index (χ2n) is 6.61. The first-order valence-corrected chi connectivity index (χ1v) is 9.21. The molecule has 0 saturated heterocycles. The van der Waals surface area contributed by atoms with Crippen molar-refractivity contribution >= 4 is 27.9 Å². The summed E-state index contributed by atoms with van der Waals surface area (Å²) in [6, 6.07) is 9.54. The minimum atomic E-state index is -0.483. The molecular weight excluding hydrogens is 380 g/mol. The van der Waals surface area contributed by atoms with E-state index in [2.05, 4.69) is 46.1 Å². The fourth-order valence-corrected chi connectivity index (χ4v) is 3.81. The van der Waals surface area contributed by atoms with Crippen LogP contribution in [-0.4, -0.2) is 16.1 Å². The van der Waals surface area contributed by atoms with E-state index in [4.69, 9.17) is 5.21 Å². The third kappa shape index (κ3) is 4.35. The van der Waals surface area contributed by atoms with Gasteiger partial charge in [0.05, 0.1) is 5.69 Å². The number of hydrogen-bond donors (Lipinski definition) is 2. The Kier molecular flexibility index (Phi) is 5.66. The third-order valence-electron chi connectivity index (χ3n) is 4.68. The van der Waals surface area contributed by atoms with Crippen molar-refractivity contribution in [1.29, 1.82) is 0 Å². The second-order valence-corrected chi connectivity index (χ2v) is 7.53. The van der Waals surface area contributed by atoms with Crippen LogP contribution in [0.1, 0.15) is 52.9 Å². The van der Waals surface area contributed by atoms with Crippen LogP contribution in [0.4, 0.5) is 0 Å². The van der Waals surface area contributed by atoms with Crippen LogP contribution < -0.4 is 5.48 Å². The van der Waals surface area contributed by atoms with Crippen molar-refractivity contribution in [3.05, 3.63) is 69.5 Å². The molecule has 4 nitrogen and oxygen atoms in total. The van der Waals surface area contributed by atoms with Gasteiger partial charge in [0, 0.05) is 16.2 Å². The van der Waals surface area contributed by atoms with Crippen LogP contribution in [0, 0.1) is 5.92 Å². The van der Waals surface area contributed by atoms with Crippen LogP contribution in [0.15, 0.2) is 47.1 Å². The number of nitrogens with one attached hydrogen (secondary N) is 1. The molecule has 1 aromatic heterocycles. The van der Waals surface area contributed by atoms with Gasteiger partial charge >= 0.3 is 0 Å². The van der Waals surface area contributed by atoms with Gasteiger partial charge < -0.3 is 0 Å². The molecule has 0 saturated carbocycles. The van der Waals surface area contributed by atoms with Crippen molar-refractivity contribution in [3.8, 4) is 0 Å². The van der Waals surface area contributed by atoms with Crippen molar-refractivity contribution < 1.29 is 10.0 Å². The van der Waals surface area contributed by atoms with E-state index in [1.807, 2.05) is 18.3 Å². The number of halogens is 1. The fourth-order valence-electron chi connectivity index (χ4n) is 3.46. The highest BCUT2D eigenvalue weighted by Gasteiger charge is 2.20. The van der Waals surface area contributed by atoms with E-state index < -0.39 is 5.91 Å². The molecule has 130 valence electrons. The van der Waals surface area contributed by atoms with Crippen LogP contribution in [0.5, 0.6) is 0 Å². The van der Waals surface area contributed by atoms with E-state index in [9.17, 15) is 4.79 Å². The van der Waals surface area contributed by atoms with E-state index >= 15 is 0 Å². The number of carbonyl (C=O) groups is 1. The predicted molar refractivity (Wildman–Crippen MR) is 102 cm³/mol. The lowest BCUT2D eigenvalue weighted by Gasteiger charge is -2.23. The van der Waals surface area contributed by atoms with Gasteiger partial charge in [0.15, 0.2) is 0 Å². The highest BCUT2D eigenvalue weighted by atomic mass is 79.9. The Bertz CT molecular complexity index is 787. The zero-order valence-electron chi connectivity index (χ0n) is 14.1.